The molecule has 0 fully saturated rings. The van der Waals surface area contributed by atoms with Crippen molar-refractivity contribution in [1.82, 2.24) is 0 Å². The van der Waals surface area contributed by atoms with E-state index >= 15 is 0 Å². The molecule has 0 saturated heterocycles. The topological polar surface area (TPSA) is 21.6 Å². The molecular formula is C13H16ClNO. The summed E-state index contributed by atoms with van der Waals surface area (Å²) in [5.74, 6) is 0. The second-order valence-electron chi connectivity index (χ2n) is 4.23. The highest BCUT2D eigenvalue weighted by atomic mass is 35.5. The fraction of sp³-hybridized carbons (Fsp3) is 0.462. The van der Waals surface area contributed by atoms with Crippen molar-refractivity contribution < 1.29 is 4.84 Å². The highest BCUT2D eigenvalue weighted by molar-refractivity contribution is 6.32. The Morgan fingerprint density at radius 2 is 2.06 bits per heavy atom. The monoisotopic (exact) mass is 237 g/mol. The summed E-state index contributed by atoms with van der Waals surface area (Å²) >= 11 is 6.29. The first kappa shape index (κ1) is 11.5. The van der Waals surface area contributed by atoms with E-state index in [0.717, 1.165) is 30.0 Å². The van der Waals surface area contributed by atoms with Crippen LogP contribution in [0.4, 0.5) is 0 Å². The molecule has 86 valence electrons. The zero-order chi connectivity index (χ0) is 11.7. The molecule has 3 heteroatoms. The van der Waals surface area contributed by atoms with Gasteiger partial charge in [-0.1, -0.05) is 16.8 Å². The van der Waals surface area contributed by atoms with Crippen LogP contribution in [0.1, 0.15) is 35.1 Å². The SMILES string of the molecule is CO/N=C1\CCCc2c(Cl)cc(C)c(C)c21. The molecule has 1 aliphatic rings. The molecule has 0 spiro atoms. The van der Waals surface area contributed by atoms with Crippen LogP contribution in [0.2, 0.25) is 5.02 Å². The Morgan fingerprint density at radius 3 is 2.75 bits per heavy atom. The number of nitrogens with zero attached hydrogens (tertiary/aromatic N) is 1. The van der Waals surface area contributed by atoms with Gasteiger partial charge in [0.15, 0.2) is 0 Å². The van der Waals surface area contributed by atoms with E-state index < -0.39 is 0 Å². The van der Waals surface area contributed by atoms with Gasteiger partial charge in [0.25, 0.3) is 0 Å². The van der Waals surface area contributed by atoms with Gasteiger partial charge in [-0.15, -0.1) is 0 Å². The Hall–Kier alpha value is -1.02. The van der Waals surface area contributed by atoms with Crippen LogP contribution in [0.5, 0.6) is 0 Å². The number of rotatable bonds is 1. The predicted octanol–water partition coefficient (Wildman–Crippen LogP) is 3.64. The van der Waals surface area contributed by atoms with E-state index in [0.29, 0.717) is 0 Å². The minimum absolute atomic E-state index is 0.863. The number of aryl methyl sites for hydroxylation is 1. The lowest BCUT2D eigenvalue weighted by atomic mass is 9.85. The molecule has 0 aliphatic heterocycles. The fourth-order valence-corrected chi connectivity index (χ4v) is 2.68. The lowest BCUT2D eigenvalue weighted by Gasteiger charge is -2.22. The maximum absolute atomic E-state index is 6.29. The lowest BCUT2D eigenvalue weighted by Crippen LogP contribution is -2.15. The summed E-state index contributed by atoms with van der Waals surface area (Å²) in [5.41, 5.74) is 5.96. The molecular weight excluding hydrogens is 222 g/mol. The summed E-state index contributed by atoms with van der Waals surface area (Å²) in [6, 6.07) is 2.05. The molecule has 0 saturated carbocycles. The average Bonchev–Trinajstić information content (AvgIpc) is 2.26. The molecule has 0 radical (unpaired) electrons. The van der Waals surface area contributed by atoms with E-state index in [1.54, 1.807) is 7.11 Å². The van der Waals surface area contributed by atoms with Gasteiger partial charge in [-0.2, -0.15) is 0 Å². The molecule has 0 N–H and O–H groups in total. The normalized spacial score (nSPS) is 17.4. The Kier molecular flexibility index (Phi) is 3.20. The summed E-state index contributed by atoms with van der Waals surface area (Å²) in [4.78, 5) is 4.92. The van der Waals surface area contributed by atoms with Crippen molar-refractivity contribution >= 4 is 17.3 Å². The summed E-state index contributed by atoms with van der Waals surface area (Å²) in [7, 11) is 1.59. The van der Waals surface area contributed by atoms with Gasteiger partial charge in [-0.3, -0.25) is 0 Å². The van der Waals surface area contributed by atoms with Crippen molar-refractivity contribution in [3.05, 3.63) is 33.3 Å². The first-order valence-electron chi connectivity index (χ1n) is 5.54. The Labute approximate surface area is 101 Å². The average molecular weight is 238 g/mol. The maximum Gasteiger partial charge on any atom is 0.106 e. The van der Waals surface area contributed by atoms with Crippen molar-refractivity contribution in [3.63, 3.8) is 0 Å². The van der Waals surface area contributed by atoms with Gasteiger partial charge in [0, 0.05) is 10.6 Å². The van der Waals surface area contributed by atoms with Crippen molar-refractivity contribution in [2.24, 2.45) is 5.16 Å². The van der Waals surface area contributed by atoms with Gasteiger partial charge in [0.2, 0.25) is 0 Å². The Balaban J connectivity index is 2.67. The smallest absolute Gasteiger partial charge is 0.106 e. The third kappa shape index (κ3) is 1.82. The van der Waals surface area contributed by atoms with Gasteiger partial charge < -0.3 is 4.84 Å². The van der Waals surface area contributed by atoms with Crippen LogP contribution < -0.4 is 0 Å². The van der Waals surface area contributed by atoms with Crippen LogP contribution in [0.15, 0.2) is 11.2 Å². The first-order chi connectivity index (χ1) is 7.65. The molecule has 2 nitrogen and oxygen atoms in total. The molecule has 0 amide bonds. The van der Waals surface area contributed by atoms with E-state index in [1.165, 1.54) is 22.3 Å². The van der Waals surface area contributed by atoms with E-state index in [-0.39, 0.29) is 0 Å². The fourth-order valence-electron chi connectivity index (χ4n) is 2.32. The second kappa shape index (κ2) is 4.46. The largest absolute Gasteiger partial charge is 0.399 e. The highest BCUT2D eigenvalue weighted by Crippen LogP contribution is 2.32. The van der Waals surface area contributed by atoms with E-state index in [1.807, 2.05) is 6.07 Å². The van der Waals surface area contributed by atoms with Crippen molar-refractivity contribution in [1.29, 1.82) is 0 Å². The van der Waals surface area contributed by atoms with Crippen LogP contribution in [0.3, 0.4) is 0 Å². The highest BCUT2D eigenvalue weighted by Gasteiger charge is 2.21. The third-order valence-electron chi connectivity index (χ3n) is 3.23. The van der Waals surface area contributed by atoms with Gasteiger partial charge in [0.1, 0.15) is 7.11 Å². The molecule has 2 rings (SSSR count). The summed E-state index contributed by atoms with van der Waals surface area (Å²) in [5, 5.41) is 4.99. The molecule has 1 aliphatic carbocycles. The summed E-state index contributed by atoms with van der Waals surface area (Å²) in [6.45, 7) is 4.21. The standard InChI is InChI=1S/C13H16ClNO/c1-8-7-11(14)10-5-4-6-12(15-16-3)13(10)9(8)2/h7H,4-6H2,1-3H3/b15-12+. The van der Waals surface area contributed by atoms with E-state index in [9.17, 15) is 0 Å². The van der Waals surface area contributed by atoms with Crippen LogP contribution in [0, 0.1) is 13.8 Å². The molecule has 0 aromatic heterocycles. The summed E-state index contributed by atoms with van der Waals surface area (Å²) in [6.07, 6.45) is 3.11. The van der Waals surface area contributed by atoms with Crippen LogP contribution in [-0.2, 0) is 11.3 Å². The molecule has 0 unspecified atom stereocenters. The van der Waals surface area contributed by atoms with Crippen molar-refractivity contribution in [2.45, 2.75) is 33.1 Å². The zero-order valence-corrected chi connectivity index (χ0v) is 10.7. The van der Waals surface area contributed by atoms with Crippen LogP contribution in [-0.4, -0.2) is 12.8 Å². The summed E-state index contributed by atoms with van der Waals surface area (Å²) < 4.78 is 0. The predicted molar refractivity (Wildman–Crippen MR) is 67.4 cm³/mol. The molecule has 0 heterocycles. The first-order valence-corrected chi connectivity index (χ1v) is 5.92. The lowest BCUT2D eigenvalue weighted by molar-refractivity contribution is 0.212. The minimum atomic E-state index is 0.863. The van der Waals surface area contributed by atoms with Gasteiger partial charge in [-0.25, -0.2) is 0 Å². The number of oxime groups is 1. The molecule has 0 bridgehead atoms. The van der Waals surface area contributed by atoms with Gasteiger partial charge >= 0.3 is 0 Å². The van der Waals surface area contributed by atoms with Gasteiger partial charge in [-0.05, 0) is 55.9 Å². The second-order valence-corrected chi connectivity index (χ2v) is 4.64. The molecule has 16 heavy (non-hydrogen) atoms. The van der Waals surface area contributed by atoms with Crippen LogP contribution in [0.25, 0.3) is 0 Å². The number of hydrogen-bond acceptors (Lipinski definition) is 2. The van der Waals surface area contributed by atoms with Crippen molar-refractivity contribution in [3.8, 4) is 0 Å². The zero-order valence-electron chi connectivity index (χ0n) is 9.93. The Bertz CT molecular complexity index is 452. The number of fused-ring (bicyclic) bond motifs is 1. The van der Waals surface area contributed by atoms with E-state index in [2.05, 4.69) is 19.0 Å². The number of benzene rings is 1. The molecule has 1 aromatic carbocycles. The number of halogens is 1. The number of hydrogen-bond donors (Lipinski definition) is 0. The minimum Gasteiger partial charge on any atom is -0.399 e. The third-order valence-corrected chi connectivity index (χ3v) is 3.57. The maximum atomic E-state index is 6.29. The van der Waals surface area contributed by atoms with Crippen molar-refractivity contribution in [2.75, 3.05) is 7.11 Å². The molecule has 0 atom stereocenters. The van der Waals surface area contributed by atoms with Gasteiger partial charge in [0.05, 0.1) is 5.71 Å². The van der Waals surface area contributed by atoms with Crippen LogP contribution >= 0.6 is 11.6 Å². The quantitative estimate of drug-likeness (QED) is 0.684. The van der Waals surface area contributed by atoms with E-state index in [4.69, 9.17) is 16.4 Å². The Morgan fingerprint density at radius 1 is 1.31 bits per heavy atom. The molecule has 1 aromatic rings.